The minimum Gasteiger partial charge on any atom is -0.427 e. The molecular formula is C26H20ClN7O3. The number of hydrogen-bond donors (Lipinski definition) is 1. The molecule has 184 valence electrons. The van der Waals surface area contributed by atoms with Crippen LogP contribution < -0.4 is 10.3 Å². The molecule has 4 heterocycles. The molecule has 11 heteroatoms. The highest BCUT2D eigenvalue weighted by molar-refractivity contribution is 6.31. The van der Waals surface area contributed by atoms with Gasteiger partial charge in [-0.05, 0) is 82.9 Å². The lowest BCUT2D eigenvalue weighted by molar-refractivity contribution is -0.131. The summed E-state index contributed by atoms with van der Waals surface area (Å²) in [5, 5.41) is 12.0. The summed E-state index contributed by atoms with van der Waals surface area (Å²) >= 11 is 6.29. The van der Waals surface area contributed by atoms with Gasteiger partial charge in [-0.3, -0.25) is 9.59 Å². The summed E-state index contributed by atoms with van der Waals surface area (Å²) in [6.45, 7) is 1.36. The van der Waals surface area contributed by atoms with Gasteiger partial charge in [-0.15, -0.1) is 5.10 Å². The summed E-state index contributed by atoms with van der Waals surface area (Å²) in [5.74, 6) is 0.822. The molecule has 0 spiro atoms. The Bertz CT molecular complexity index is 1670. The third-order valence-electron chi connectivity index (χ3n) is 6.34. The molecule has 1 aliphatic rings. The minimum atomic E-state index is -0.368. The molecule has 6 rings (SSSR count). The van der Waals surface area contributed by atoms with Crippen molar-refractivity contribution >= 4 is 17.6 Å². The number of imidazole rings is 1. The highest BCUT2D eigenvalue weighted by Gasteiger charge is 2.28. The normalized spacial score (nSPS) is 14.5. The number of pyridine rings is 1. The van der Waals surface area contributed by atoms with E-state index in [2.05, 4.69) is 25.5 Å². The van der Waals surface area contributed by atoms with Crippen LogP contribution in [0.15, 0.2) is 71.9 Å². The van der Waals surface area contributed by atoms with Gasteiger partial charge in [-0.1, -0.05) is 11.6 Å². The Morgan fingerprint density at radius 2 is 1.95 bits per heavy atom. The van der Waals surface area contributed by atoms with E-state index in [1.54, 1.807) is 39.7 Å². The van der Waals surface area contributed by atoms with Crippen LogP contribution in [0, 0.1) is 0 Å². The second-order valence-corrected chi connectivity index (χ2v) is 9.15. The van der Waals surface area contributed by atoms with E-state index in [4.69, 9.17) is 16.3 Å². The van der Waals surface area contributed by atoms with Crippen molar-refractivity contribution in [1.29, 1.82) is 0 Å². The lowest BCUT2D eigenvalue weighted by atomic mass is 10.0. The van der Waals surface area contributed by atoms with Gasteiger partial charge in [0, 0.05) is 29.3 Å². The first-order valence-electron chi connectivity index (χ1n) is 11.6. The van der Waals surface area contributed by atoms with Crippen LogP contribution in [-0.2, 0) is 11.2 Å². The van der Waals surface area contributed by atoms with Crippen LogP contribution in [0.5, 0.6) is 5.75 Å². The molecule has 37 heavy (non-hydrogen) atoms. The van der Waals surface area contributed by atoms with Crippen LogP contribution >= 0.6 is 11.6 Å². The molecule has 0 amide bonds. The molecule has 0 bridgehead atoms. The number of rotatable bonds is 5. The van der Waals surface area contributed by atoms with E-state index in [0.717, 1.165) is 46.6 Å². The second-order valence-electron chi connectivity index (χ2n) is 8.71. The van der Waals surface area contributed by atoms with Crippen LogP contribution in [-0.4, -0.2) is 40.7 Å². The average Bonchev–Trinajstić information content (AvgIpc) is 3.65. The first-order valence-corrected chi connectivity index (χ1v) is 12.0. The number of H-pyrrole nitrogens is 1. The molecular weight excluding hydrogens is 494 g/mol. The van der Waals surface area contributed by atoms with Crippen LogP contribution in [0.3, 0.4) is 0 Å². The Morgan fingerprint density at radius 1 is 1.11 bits per heavy atom. The summed E-state index contributed by atoms with van der Waals surface area (Å²) in [4.78, 5) is 32.5. The largest absolute Gasteiger partial charge is 0.427 e. The van der Waals surface area contributed by atoms with E-state index in [0.29, 0.717) is 16.6 Å². The third kappa shape index (κ3) is 4.31. The van der Waals surface area contributed by atoms with E-state index in [1.165, 1.54) is 13.3 Å². The fourth-order valence-electron chi connectivity index (χ4n) is 4.74. The molecule has 2 aromatic carbocycles. The molecule has 0 radical (unpaired) electrons. The van der Waals surface area contributed by atoms with Gasteiger partial charge in [0.1, 0.15) is 17.9 Å². The number of ether oxygens (including phenoxy) is 1. The average molecular weight is 514 g/mol. The number of carbonyl (C=O) groups is 1. The molecule has 0 aliphatic carbocycles. The van der Waals surface area contributed by atoms with Gasteiger partial charge in [0.2, 0.25) is 0 Å². The minimum absolute atomic E-state index is 0.124. The van der Waals surface area contributed by atoms with Crippen LogP contribution in [0.25, 0.3) is 28.1 Å². The van der Waals surface area contributed by atoms with Gasteiger partial charge in [0.05, 0.1) is 23.6 Å². The lowest BCUT2D eigenvalue weighted by Gasteiger charge is -2.15. The number of aryl methyl sites for hydroxylation is 1. The molecule has 0 saturated carbocycles. The Balaban J connectivity index is 1.32. The number of carbonyl (C=O) groups excluding carboxylic acids is 1. The number of fused-ring (bicyclic) bond motifs is 1. The summed E-state index contributed by atoms with van der Waals surface area (Å²) in [5.41, 5.74) is 4.74. The van der Waals surface area contributed by atoms with Crippen LogP contribution in [0.2, 0.25) is 5.02 Å². The zero-order valence-electron chi connectivity index (χ0n) is 19.6. The SMILES string of the molecule is CC(=O)Oc1ccc(-c2cnc([C@@H]3CCc4cc(-c5cc(Cl)ccc5-n5cnnn5)cc(=O)n43)[nH]2)cc1. The van der Waals surface area contributed by atoms with Crippen molar-refractivity contribution in [3.8, 4) is 33.8 Å². The first kappa shape index (κ1) is 22.9. The number of halogens is 1. The molecule has 10 nitrogen and oxygen atoms in total. The van der Waals surface area contributed by atoms with E-state index in [1.807, 2.05) is 30.3 Å². The van der Waals surface area contributed by atoms with Crippen molar-refractivity contribution < 1.29 is 9.53 Å². The predicted octanol–water partition coefficient (Wildman–Crippen LogP) is 4.00. The quantitative estimate of drug-likeness (QED) is 0.278. The molecule has 0 fully saturated rings. The van der Waals surface area contributed by atoms with E-state index >= 15 is 0 Å². The monoisotopic (exact) mass is 513 g/mol. The van der Waals surface area contributed by atoms with Crippen LogP contribution in [0.1, 0.15) is 30.9 Å². The van der Waals surface area contributed by atoms with Gasteiger partial charge in [0.15, 0.2) is 0 Å². The third-order valence-corrected chi connectivity index (χ3v) is 6.57. The van der Waals surface area contributed by atoms with Crippen molar-refractivity contribution in [2.45, 2.75) is 25.8 Å². The second kappa shape index (κ2) is 9.14. The number of esters is 1. The Labute approximate surface area is 215 Å². The van der Waals surface area contributed by atoms with Gasteiger partial charge in [0.25, 0.3) is 5.56 Å². The summed E-state index contributed by atoms with van der Waals surface area (Å²) in [6.07, 6.45) is 4.72. The standard InChI is InChI=1S/C26H20ClN7O3/c1-15(35)37-20-6-2-16(3-7-20)22-13-28-26(30-22)24-9-5-19-10-17(11-25(36)34(19)24)21-12-18(27)4-8-23(21)33-14-29-31-32-33/h2-4,6-8,10-14,24H,5,9H2,1H3,(H,28,30)/t24-/m0/s1. The Kier molecular flexibility index (Phi) is 5.65. The number of aromatic amines is 1. The Hall–Kier alpha value is -4.57. The van der Waals surface area contributed by atoms with Gasteiger partial charge < -0.3 is 14.3 Å². The molecule has 5 aromatic rings. The number of tetrazole rings is 1. The molecule has 1 atom stereocenters. The number of nitrogens with zero attached hydrogens (tertiary/aromatic N) is 6. The Morgan fingerprint density at radius 3 is 2.70 bits per heavy atom. The van der Waals surface area contributed by atoms with E-state index in [-0.39, 0.29) is 17.6 Å². The first-order chi connectivity index (χ1) is 18.0. The summed E-state index contributed by atoms with van der Waals surface area (Å²) in [7, 11) is 0. The van der Waals surface area contributed by atoms with Crippen molar-refractivity contribution in [2.24, 2.45) is 0 Å². The maximum absolute atomic E-state index is 13.4. The van der Waals surface area contributed by atoms with Gasteiger partial charge in [-0.2, -0.15) is 4.68 Å². The highest BCUT2D eigenvalue weighted by Crippen LogP contribution is 2.34. The van der Waals surface area contributed by atoms with Gasteiger partial charge >= 0.3 is 5.97 Å². The number of benzene rings is 2. The zero-order valence-corrected chi connectivity index (χ0v) is 20.4. The van der Waals surface area contributed by atoms with E-state index in [9.17, 15) is 9.59 Å². The van der Waals surface area contributed by atoms with Crippen molar-refractivity contribution in [3.63, 3.8) is 0 Å². The molecule has 0 unspecified atom stereocenters. The summed E-state index contributed by atoms with van der Waals surface area (Å²) < 4.78 is 8.43. The smallest absolute Gasteiger partial charge is 0.308 e. The van der Waals surface area contributed by atoms with Crippen molar-refractivity contribution in [3.05, 3.63) is 94.0 Å². The molecule has 0 saturated heterocycles. The summed E-state index contributed by atoms with van der Waals surface area (Å²) in [6, 6.07) is 16.0. The number of nitrogens with one attached hydrogen (secondary N) is 1. The van der Waals surface area contributed by atoms with Crippen LogP contribution in [0.4, 0.5) is 0 Å². The molecule has 1 N–H and O–H groups in total. The van der Waals surface area contributed by atoms with Gasteiger partial charge in [-0.25, -0.2) is 4.98 Å². The fraction of sp³-hybridized carbons (Fsp3) is 0.154. The fourth-order valence-corrected chi connectivity index (χ4v) is 4.91. The zero-order chi connectivity index (χ0) is 25.5. The van der Waals surface area contributed by atoms with Crippen molar-refractivity contribution in [1.82, 2.24) is 34.7 Å². The number of hydrogen-bond acceptors (Lipinski definition) is 7. The molecule has 1 aliphatic heterocycles. The maximum atomic E-state index is 13.4. The molecule has 3 aromatic heterocycles. The van der Waals surface area contributed by atoms with Crippen molar-refractivity contribution in [2.75, 3.05) is 0 Å². The predicted molar refractivity (Wildman–Crippen MR) is 136 cm³/mol. The number of aromatic nitrogens is 7. The maximum Gasteiger partial charge on any atom is 0.308 e. The topological polar surface area (TPSA) is 121 Å². The van der Waals surface area contributed by atoms with E-state index < -0.39 is 0 Å². The highest BCUT2D eigenvalue weighted by atomic mass is 35.5. The lowest BCUT2D eigenvalue weighted by Crippen LogP contribution is -2.23.